The van der Waals surface area contributed by atoms with Crippen LogP contribution in [0.5, 0.6) is 0 Å². The van der Waals surface area contributed by atoms with Gasteiger partial charge in [-0.3, -0.25) is 0 Å². The maximum atomic E-state index is 12.9. The third-order valence-electron chi connectivity index (χ3n) is 3.19. The van der Waals surface area contributed by atoms with Crippen molar-refractivity contribution < 1.29 is 4.39 Å². The van der Waals surface area contributed by atoms with Gasteiger partial charge in [0, 0.05) is 6.04 Å². The molecule has 0 bridgehead atoms. The summed E-state index contributed by atoms with van der Waals surface area (Å²) in [6.07, 6.45) is 0.760. The number of aromatic nitrogens is 3. The van der Waals surface area contributed by atoms with Gasteiger partial charge in [-0.1, -0.05) is 24.3 Å². The minimum atomic E-state index is -0.221. The van der Waals surface area contributed by atoms with Crippen LogP contribution in [-0.2, 0) is 6.42 Å². The summed E-state index contributed by atoms with van der Waals surface area (Å²) in [5, 5.41) is 11.4. The Hall–Kier alpha value is -2.56. The molecule has 1 aromatic heterocycles. The van der Waals surface area contributed by atoms with Crippen LogP contribution in [0.25, 0.3) is 11.0 Å². The summed E-state index contributed by atoms with van der Waals surface area (Å²) in [5.74, 6) is 0.282. The van der Waals surface area contributed by atoms with Gasteiger partial charge >= 0.3 is 0 Å². The van der Waals surface area contributed by atoms with Crippen LogP contribution in [0.2, 0.25) is 0 Å². The lowest BCUT2D eigenvalue weighted by Gasteiger charge is -2.13. The lowest BCUT2D eigenvalue weighted by Crippen LogP contribution is -2.20. The van der Waals surface area contributed by atoms with Gasteiger partial charge in [0.05, 0.1) is 5.52 Å². The summed E-state index contributed by atoms with van der Waals surface area (Å²) in [6, 6.07) is 14.2. The first kappa shape index (κ1) is 13.4. The molecule has 0 saturated carbocycles. The van der Waals surface area contributed by atoms with Crippen molar-refractivity contribution in [2.75, 3.05) is 5.32 Å². The smallest absolute Gasteiger partial charge is 0.243 e. The Kier molecular flexibility index (Phi) is 3.73. The molecule has 3 aromatic rings. The highest BCUT2D eigenvalue weighted by atomic mass is 19.1. The number of hydrogen-bond acceptors (Lipinski definition) is 4. The maximum absolute atomic E-state index is 12.9. The fraction of sp³-hybridized carbons (Fsp3) is 0.188. The number of nitrogens with zero attached hydrogens (tertiary/aromatic N) is 3. The Balaban J connectivity index is 1.70. The largest absolute Gasteiger partial charge is 0.350 e. The van der Waals surface area contributed by atoms with E-state index in [1.807, 2.05) is 31.2 Å². The van der Waals surface area contributed by atoms with Crippen molar-refractivity contribution in [2.24, 2.45) is 0 Å². The maximum Gasteiger partial charge on any atom is 0.243 e. The van der Waals surface area contributed by atoms with Crippen LogP contribution in [0, 0.1) is 5.82 Å². The Labute approximate surface area is 122 Å². The number of fused-ring (bicyclic) bond motifs is 1. The molecule has 1 heterocycles. The van der Waals surface area contributed by atoms with E-state index in [-0.39, 0.29) is 11.9 Å². The number of rotatable bonds is 4. The topological polar surface area (TPSA) is 50.7 Å². The zero-order valence-corrected chi connectivity index (χ0v) is 11.6. The molecule has 4 nitrogen and oxygen atoms in total. The molecule has 1 atom stereocenters. The quantitative estimate of drug-likeness (QED) is 0.798. The molecule has 0 aliphatic carbocycles. The van der Waals surface area contributed by atoms with Gasteiger partial charge < -0.3 is 5.32 Å². The monoisotopic (exact) mass is 282 g/mol. The van der Waals surface area contributed by atoms with E-state index in [1.165, 1.54) is 12.1 Å². The average Bonchev–Trinajstić information content (AvgIpc) is 2.49. The number of anilines is 1. The van der Waals surface area contributed by atoms with Gasteiger partial charge in [0.2, 0.25) is 5.95 Å². The average molecular weight is 282 g/mol. The lowest BCUT2D eigenvalue weighted by atomic mass is 10.1. The number of hydrogen-bond donors (Lipinski definition) is 1. The second-order valence-corrected chi connectivity index (χ2v) is 5.00. The van der Waals surface area contributed by atoms with Gasteiger partial charge in [-0.15, -0.1) is 10.2 Å². The highest BCUT2D eigenvalue weighted by Crippen LogP contribution is 2.11. The molecular weight excluding hydrogens is 267 g/mol. The first-order valence-electron chi connectivity index (χ1n) is 6.81. The van der Waals surface area contributed by atoms with Crippen molar-refractivity contribution in [3.05, 3.63) is 59.9 Å². The van der Waals surface area contributed by atoms with Crippen molar-refractivity contribution >= 4 is 17.0 Å². The second-order valence-electron chi connectivity index (χ2n) is 5.00. The lowest BCUT2D eigenvalue weighted by molar-refractivity contribution is 0.626. The molecule has 2 aromatic carbocycles. The fourth-order valence-electron chi connectivity index (χ4n) is 2.19. The van der Waals surface area contributed by atoms with E-state index in [1.54, 1.807) is 12.1 Å². The molecule has 0 aliphatic heterocycles. The summed E-state index contributed by atoms with van der Waals surface area (Å²) in [4.78, 5) is 4.43. The van der Waals surface area contributed by atoms with Crippen LogP contribution in [0.3, 0.4) is 0 Å². The van der Waals surface area contributed by atoms with Crippen LogP contribution in [0.4, 0.5) is 10.3 Å². The molecule has 0 fully saturated rings. The van der Waals surface area contributed by atoms with Gasteiger partial charge in [-0.2, -0.15) is 0 Å². The van der Waals surface area contributed by atoms with E-state index in [2.05, 4.69) is 20.5 Å². The number of para-hydroxylation sites is 1. The molecule has 1 unspecified atom stereocenters. The minimum absolute atomic E-state index is 0.124. The van der Waals surface area contributed by atoms with Gasteiger partial charge in [-0.05, 0) is 43.2 Å². The normalized spacial score (nSPS) is 12.3. The zero-order valence-electron chi connectivity index (χ0n) is 11.6. The fourth-order valence-corrected chi connectivity index (χ4v) is 2.19. The molecule has 0 aliphatic rings. The molecule has 0 spiro atoms. The van der Waals surface area contributed by atoms with Crippen LogP contribution in [0.15, 0.2) is 48.5 Å². The van der Waals surface area contributed by atoms with Gasteiger partial charge in [0.15, 0.2) is 0 Å². The summed E-state index contributed by atoms with van der Waals surface area (Å²) in [5.41, 5.74) is 2.64. The Morgan fingerprint density at radius 3 is 2.48 bits per heavy atom. The highest BCUT2D eigenvalue weighted by Gasteiger charge is 2.07. The molecule has 1 N–H and O–H groups in total. The molecule has 3 rings (SSSR count). The van der Waals surface area contributed by atoms with E-state index in [4.69, 9.17) is 0 Å². The number of benzene rings is 2. The summed E-state index contributed by atoms with van der Waals surface area (Å²) >= 11 is 0. The molecule has 0 radical (unpaired) electrons. The second kappa shape index (κ2) is 5.83. The van der Waals surface area contributed by atoms with E-state index in [0.29, 0.717) is 5.95 Å². The van der Waals surface area contributed by atoms with Crippen molar-refractivity contribution in [3.63, 3.8) is 0 Å². The summed E-state index contributed by atoms with van der Waals surface area (Å²) in [6.45, 7) is 2.03. The molecule has 0 amide bonds. The van der Waals surface area contributed by atoms with Gasteiger partial charge in [0.1, 0.15) is 11.3 Å². The molecule has 5 heteroatoms. The summed E-state index contributed by atoms with van der Waals surface area (Å²) in [7, 11) is 0. The highest BCUT2D eigenvalue weighted by molar-refractivity contribution is 5.74. The first-order valence-corrected chi connectivity index (χ1v) is 6.81. The molecular formula is C16H15FN4. The Bertz CT molecular complexity index is 743. The van der Waals surface area contributed by atoms with E-state index in [0.717, 1.165) is 23.0 Å². The number of halogens is 1. The van der Waals surface area contributed by atoms with Gasteiger partial charge in [-0.25, -0.2) is 9.37 Å². The third kappa shape index (κ3) is 3.31. The van der Waals surface area contributed by atoms with Crippen molar-refractivity contribution in [1.82, 2.24) is 15.2 Å². The van der Waals surface area contributed by atoms with Crippen LogP contribution in [-0.4, -0.2) is 21.2 Å². The minimum Gasteiger partial charge on any atom is -0.350 e. The standard InChI is InChI=1S/C16H15FN4/c1-11(10-12-6-8-13(17)9-7-12)18-16-19-14-4-2-3-5-15(14)20-21-16/h2-9,11H,10H2,1H3,(H,18,19,21). The van der Waals surface area contributed by atoms with E-state index < -0.39 is 0 Å². The summed E-state index contributed by atoms with van der Waals surface area (Å²) < 4.78 is 12.9. The predicted octanol–water partition coefficient (Wildman–Crippen LogP) is 3.21. The van der Waals surface area contributed by atoms with Crippen LogP contribution in [0.1, 0.15) is 12.5 Å². The van der Waals surface area contributed by atoms with Crippen molar-refractivity contribution in [3.8, 4) is 0 Å². The van der Waals surface area contributed by atoms with Crippen molar-refractivity contribution in [2.45, 2.75) is 19.4 Å². The van der Waals surface area contributed by atoms with Crippen LogP contribution < -0.4 is 5.32 Å². The van der Waals surface area contributed by atoms with E-state index >= 15 is 0 Å². The van der Waals surface area contributed by atoms with Gasteiger partial charge in [0.25, 0.3) is 0 Å². The number of nitrogens with one attached hydrogen (secondary N) is 1. The molecule has 0 saturated heterocycles. The third-order valence-corrected chi connectivity index (χ3v) is 3.19. The zero-order chi connectivity index (χ0) is 14.7. The SMILES string of the molecule is CC(Cc1ccc(F)cc1)Nc1nnc2ccccc2n1. The predicted molar refractivity (Wildman–Crippen MR) is 80.5 cm³/mol. The Morgan fingerprint density at radius 2 is 1.71 bits per heavy atom. The van der Waals surface area contributed by atoms with E-state index in [9.17, 15) is 4.39 Å². The van der Waals surface area contributed by atoms with Crippen molar-refractivity contribution in [1.29, 1.82) is 0 Å². The molecule has 106 valence electrons. The first-order chi connectivity index (χ1) is 10.2. The molecule has 21 heavy (non-hydrogen) atoms. The van der Waals surface area contributed by atoms with Crippen LogP contribution >= 0.6 is 0 Å². The Morgan fingerprint density at radius 1 is 1.00 bits per heavy atom.